The Labute approximate surface area is 125 Å². The lowest BCUT2D eigenvalue weighted by Crippen LogP contribution is -2.41. The number of ether oxygens (including phenoxy) is 1. The molecule has 0 aromatic heterocycles. The molecule has 0 radical (unpaired) electrons. The zero-order valence-electron chi connectivity index (χ0n) is 12.8. The SMILES string of the molecule is CCOC(=O)C1CCCN1C(=O)c1cccc(N(C)C)c1. The highest BCUT2D eigenvalue weighted by molar-refractivity contribution is 5.97. The number of rotatable bonds is 4. The number of amides is 1. The van der Waals surface area contributed by atoms with Crippen molar-refractivity contribution in [3.05, 3.63) is 29.8 Å². The smallest absolute Gasteiger partial charge is 0.328 e. The number of carbonyl (C=O) groups excluding carboxylic acids is 2. The Hall–Kier alpha value is -2.04. The molecule has 0 N–H and O–H groups in total. The molecule has 5 heteroatoms. The van der Waals surface area contributed by atoms with Crippen LogP contribution >= 0.6 is 0 Å². The Balaban J connectivity index is 2.18. The first-order valence-corrected chi connectivity index (χ1v) is 7.29. The van der Waals surface area contributed by atoms with Gasteiger partial charge in [-0.15, -0.1) is 0 Å². The fourth-order valence-corrected chi connectivity index (χ4v) is 2.58. The molecule has 1 fully saturated rings. The number of carbonyl (C=O) groups is 2. The molecule has 21 heavy (non-hydrogen) atoms. The number of hydrogen-bond donors (Lipinski definition) is 0. The normalized spacial score (nSPS) is 17.7. The number of esters is 1. The van der Waals surface area contributed by atoms with Gasteiger partial charge in [-0.05, 0) is 38.0 Å². The number of nitrogens with zero attached hydrogens (tertiary/aromatic N) is 2. The molecular weight excluding hydrogens is 268 g/mol. The Morgan fingerprint density at radius 1 is 1.38 bits per heavy atom. The van der Waals surface area contributed by atoms with E-state index in [4.69, 9.17) is 4.74 Å². The summed E-state index contributed by atoms with van der Waals surface area (Å²) in [6.45, 7) is 2.72. The average Bonchev–Trinajstić information content (AvgIpc) is 2.96. The molecule has 1 aliphatic rings. The first-order valence-electron chi connectivity index (χ1n) is 7.29. The summed E-state index contributed by atoms with van der Waals surface area (Å²) in [4.78, 5) is 28.2. The maximum absolute atomic E-state index is 12.6. The molecule has 0 spiro atoms. The molecule has 2 rings (SSSR count). The van der Waals surface area contributed by atoms with E-state index in [1.807, 2.05) is 37.2 Å². The summed E-state index contributed by atoms with van der Waals surface area (Å²) in [5.41, 5.74) is 1.57. The van der Waals surface area contributed by atoms with Crippen molar-refractivity contribution in [2.75, 3.05) is 32.1 Å². The standard InChI is InChI=1S/C16H22N2O3/c1-4-21-16(20)14-9-6-10-18(14)15(19)12-7-5-8-13(11-12)17(2)3/h5,7-8,11,14H,4,6,9-10H2,1-3H3. The Kier molecular flexibility index (Phi) is 4.83. The second-order valence-electron chi connectivity index (χ2n) is 5.35. The van der Waals surface area contributed by atoms with E-state index in [9.17, 15) is 9.59 Å². The van der Waals surface area contributed by atoms with Crippen molar-refractivity contribution < 1.29 is 14.3 Å². The highest BCUT2D eigenvalue weighted by atomic mass is 16.5. The molecule has 1 heterocycles. The van der Waals surface area contributed by atoms with Gasteiger partial charge in [-0.2, -0.15) is 0 Å². The van der Waals surface area contributed by atoms with Crippen LogP contribution in [0.15, 0.2) is 24.3 Å². The highest BCUT2D eigenvalue weighted by Gasteiger charge is 2.35. The Bertz CT molecular complexity index is 528. The fraction of sp³-hybridized carbons (Fsp3) is 0.500. The minimum absolute atomic E-state index is 0.103. The summed E-state index contributed by atoms with van der Waals surface area (Å²) in [5.74, 6) is -0.402. The zero-order chi connectivity index (χ0) is 15.4. The second-order valence-corrected chi connectivity index (χ2v) is 5.35. The summed E-state index contributed by atoms with van der Waals surface area (Å²) in [6, 6.07) is 7.00. The minimum Gasteiger partial charge on any atom is -0.464 e. The van der Waals surface area contributed by atoms with E-state index < -0.39 is 6.04 Å². The van der Waals surface area contributed by atoms with Crippen molar-refractivity contribution >= 4 is 17.6 Å². The lowest BCUT2D eigenvalue weighted by atomic mass is 10.1. The van der Waals surface area contributed by atoms with Crippen LogP contribution in [0.25, 0.3) is 0 Å². The van der Waals surface area contributed by atoms with Crippen LogP contribution in [0, 0.1) is 0 Å². The quantitative estimate of drug-likeness (QED) is 0.795. The Morgan fingerprint density at radius 2 is 2.14 bits per heavy atom. The number of hydrogen-bond acceptors (Lipinski definition) is 4. The molecule has 1 saturated heterocycles. The van der Waals surface area contributed by atoms with Crippen LogP contribution in [0.4, 0.5) is 5.69 Å². The van der Waals surface area contributed by atoms with Crippen molar-refractivity contribution in [1.29, 1.82) is 0 Å². The molecule has 5 nitrogen and oxygen atoms in total. The maximum atomic E-state index is 12.6. The predicted octanol–water partition coefficient (Wildman–Crippen LogP) is 1.92. The van der Waals surface area contributed by atoms with Crippen molar-refractivity contribution in [3.63, 3.8) is 0 Å². The van der Waals surface area contributed by atoms with E-state index in [1.165, 1.54) is 0 Å². The molecule has 1 aliphatic heterocycles. The third-order valence-electron chi connectivity index (χ3n) is 3.68. The zero-order valence-corrected chi connectivity index (χ0v) is 12.8. The summed E-state index contributed by atoms with van der Waals surface area (Å²) in [5, 5.41) is 0. The van der Waals surface area contributed by atoms with Gasteiger partial charge in [-0.1, -0.05) is 6.07 Å². The van der Waals surface area contributed by atoms with Crippen LogP contribution in [-0.4, -0.2) is 50.1 Å². The molecule has 1 aromatic rings. The number of benzene rings is 1. The molecule has 0 saturated carbocycles. The van der Waals surface area contributed by atoms with E-state index in [-0.39, 0.29) is 11.9 Å². The monoisotopic (exact) mass is 290 g/mol. The largest absolute Gasteiger partial charge is 0.464 e. The van der Waals surface area contributed by atoms with Gasteiger partial charge in [0.1, 0.15) is 6.04 Å². The second kappa shape index (κ2) is 6.61. The van der Waals surface area contributed by atoms with E-state index in [0.29, 0.717) is 25.1 Å². The van der Waals surface area contributed by atoms with Gasteiger partial charge in [0.05, 0.1) is 6.61 Å². The summed E-state index contributed by atoms with van der Waals surface area (Å²) < 4.78 is 5.06. The van der Waals surface area contributed by atoms with Gasteiger partial charge in [0.2, 0.25) is 0 Å². The molecule has 1 unspecified atom stereocenters. The Morgan fingerprint density at radius 3 is 2.81 bits per heavy atom. The number of likely N-dealkylation sites (tertiary alicyclic amines) is 1. The van der Waals surface area contributed by atoms with Crippen LogP contribution in [0.3, 0.4) is 0 Å². The van der Waals surface area contributed by atoms with Gasteiger partial charge in [0.25, 0.3) is 5.91 Å². The van der Waals surface area contributed by atoms with E-state index in [2.05, 4.69) is 0 Å². The highest BCUT2D eigenvalue weighted by Crippen LogP contribution is 2.23. The molecule has 0 aliphatic carbocycles. The fourth-order valence-electron chi connectivity index (χ4n) is 2.58. The molecule has 0 bridgehead atoms. The summed E-state index contributed by atoms with van der Waals surface area (Å²) in [7, 11) is 3.86. The van der Waals surface area contributed by atoms with Crippen LogP contribution < -0.4 is 4.90 Å². The topological polar surface area (TPSA) is 49.9 Å². The van der Waals surface area contributed by atoms with Gasteiger partial charge >= 0.3 is 5.97 Å². The first kappa shape index (κ1) is 15.4. The summed E-state index contributed by atoms with van der Waals surface area (Å²) in [6.07, 6.45) is 1.51. The van der Waals surface area contributed by atoms with Crippen molar-refractivity contribution in [3.8, 4) is 0 Å². The average molecular weight is 290 g/mol. The van der Waals surface area contributed by atoms with E-state index >= 15 is 0 Å². The molecule has 1 aromatic carbocycles. The minimum atomic E-state index is -0.444. The van der Waals surface area contributed by atoms with Crippen LogP contribution in [-0.2, 0) is 9.53 Å². The third kappa shape index (κ3) is 3.35. The van der Waals surface area contributed by atoms with Gasteiger partial charge in [0.15, 0.2) is 0 Å². The molecular formula is C16H22N2O3. The molecule has 1 atom stereocenters. The van der Waals surface area contributed by atoms with Gasteiger partial charge in [-0.3, -0.25) is 4.79 Å². The third-order valence-corrected chi connectivity index (χ3v) is 3.68. The van der Waals surface area contributed by atoms with Crippen molar-refractivity contribution in [1.82, 2.24) is 4.90 Å². The summed E-state index contributed by atoms with van der Waals surface area (Å²) >= 11 is 0. The van der Waals surface area contributed by atoms with E-state index in [1.54, 1.807) is 17.9 Å². The van der Waals surface area contributed by atoms with E-state index in [0.717, 1.165) is 12.1 Å². The van der Waals surface area contributed by atoms with Gasteiger partial charge in [-0.25, -0.2) is 4.79 Å². The van der Waals surface area contributed by atoms with Crippen molar-refractivity contribution in [2.24, 2.45) is 0 Å². The van der Waals surface area contributed by atoms with Crippen LogP contribution in [0.2, 0.25) is 0 Å². The van der Waals surface area contributed by atoms with Crippen molar-refractivity contribution in [2.45, 2.75) is 25.8 Å². The van der Waals surface area contributed by atoms with Gasteiger partial charge < -0.3 is 14.5 Å². The van der Waals surface area contributed by atoms with Crippen LogP contribution in [0.5, 0.6) is 0 Å². The molecule has 1 amide bonds. The van der Waals surface area contributed by atoms with Gasteiger partial charge in [0, 0.05) is 31.9 Å². The lowest BCUT2D eigenvalue weighted by Gasteiger charge is -2.23. The maximum Gasteiger partial charge on any atom is 0.328 e. The first-order chi connectivity index (χ1) is 10.0. The number of anilines is 1. The predicted molar refractivity (Wildman–Crippen MR) is 81.5 cm³/mol. The lowest BCUT2D eigenvalue weighted by molar-refractivity contribution is -0.147. The van der Waals surface area contributed by atoms with Crippen LogP contribution in [0.1, 0.15) is 30.1 Å². The molecule has 114 valence electrons.